The number of nitriles is 4. The van der Waals surface area contributed by atoms with Crippen LogP contribution in [0.1, 0.15) is 39.0 Å². The smallest absolute Gasteiger partial charge is 0.133 e. The van der Waals surface area contributed by atoms with Crippen molar-refractivity contribution in [3.8, 4) is 24.3 Å². The molecule has 2 atom stereocenters. The van der Waals surface area contributed by atoms with Crippen LogP contribution < -0.4 is 0 Å². The van der Waals surface area contributed by atoms with Crippen LogP contribution in [-0.4, -0.2) is 26.4 Å². The summed E-state index contributed by atoms with van der Waals surface area (Å²) in [6.07, 6.45) is 3.13. The molecule has 0 aromatic rings. The standard InChI is InChI=1S/C17H24N4O2/c1-2-17(15(5-3-7-18)13-22-11-9-20)16(6-4-8-19)14-23-12-10-21/h15-17H,2-6,11-14H2,1H3. The third-order valence-electron chi connectivity index (χ3n) is 3.93. The molecule has 0 aliphatic heterocycles. The van der Waals surface area contributed by atoms with Gasteiger partial charge >= 0.3 is 0 Å². The van der Waals surface area contributed by atoms with Crippen LogP contribution in [0.4, 0.5) is 0 Å². The Bertz CT molecular complexity index is 425. The second-order valence-corrected chi connectivity index (χ2v) is 5.33. The third-order valence-corrected chi connectivity index (χ3v) is 3.93. The minimum absolute atomic E-state index is 0.0350. The molecule has 0 aliphatic carbocycles. The first-order chi connectivity index (χ1) is 11.2. The first-order valence-electron chi connectivity index (χ1n) is 7.88. The van der Waals surface area contributed by atoms with E-state index in [4.69, 9.17) is 30.5 Å². The number of nitrogens with zero attached hydrogens (tertiary/aromatic N) is 4. The average Bonchev–Trinajstić information content (AvgIpc) is 2.57. The highest BCUT2D eigenvalue weighted by Crippen LogP contribution is 2.32. The van der Waals surface area contributed by atoms with E-state index in [9.17, 15) is 0 Å². The molecule has 124 valence electrons. The van der Waals surface area contributed by atoms with Gasteiger partial charge in [0.1, 0.15) is 13.2 Å². The monoisotopic (exact) mass is 316 g/mol. The van der Waals surface area contributed by atoms with E-state index in [1.54, 1.807) is 0 Å². The van der Waals surface area contributed by atoms with E-state index < -0.39 is 0 Å². The summed E-state index contributed by atoms with van der Waals surface area (Å²) in [7, 11) is 0. The first-order valence-corrected chi connectivity index (χ1v) is 7.88. The molecule has 0 aliphatic rings. The maximum Gasteiger partial charge on any atom is 0.133 e. The van der Waals surface area contributed by atoms with Gasteiger partial charge in [-0.3, -0.25) is 0 Å². The molecule has 2 unspecified atom stereocenters. The molecule has 0 fully saturated rings. The summed E-state index contributed by atoms with van der Waals surface area (Å²) in [5.41, 5.74) is 0. The van der Waals surface area contributed by atoms with Gasteiger partial charge in [0.05, 0.1) is 37.5 Å². The molecule has 0 N–H and O–H groups in total. The highest BCUT2D eigenvalue weighted by atomic mass is 16.5. The van der Waals surface area contributed by atoms with Crippen molar-refractivity contribution in [3.05, 3.63) is 0 Å². The number of hydrogen-bond donors (Lipinski definition) is 0. The van der Waals surface area contributed by atoms with Crippen molar-refractivity contribution in [1.82, 2.24) is 0 Å². The zero-order valence-electron chi connectivity index (χ0n) is 13.7. The highest BCUT2D eigenvalue weighted by Gasteiger charge is 2.28. The van der Waals surface area contributed by atoms with Crippen LogP contribution in [0.5, 0.6) is 0 Å². The van der Waals surface area contributed by atoms with E-state index in [1.165, 1.54) is 0 Å². The quantitative estimate of drug-likeness (QED) is 0.483. The molecule has 0 aromatic heterocycles. The van der Waals surface area contributed by atoms with E-state index in [0.717, 1.165) is 6.42 Å². The summed E-state index contributed by atoms with van der Waals surface area (Å²) in [5, 5.41) is 34.9. The van der Waals surface area contributed by atoms with Crippen molar-refractivity contribution in [2.45, 2.75) is 39.0 Å². The van der Waals surface area contributed by atoms with Crippen molar-refractivity contribution >= 4 is 0 Å². The SMILES string of the molecule is CCC(C(CCC#N)COCC#N)C(CCC#N)COCC#N. The zero-order chi connectivity index (χ0) is 17.3. The molecule has 0 heterocycles. The predicted octanol–water partition coefficient (Wildman–Crippen LogP) is 2.93. The first kappa shape index (κ1) is 20.9. The number of rotatable bonds is 13. The summed E-state index contributed by atoms with van der Waals surface area (Å²) >= 11 is 0. The van der Waals surface area contributed by atoms with E-state index in [1.807, 2.05) is 12.1 Å². The van der Waals surface area contributed by atoms with Gasteiger partial charge in [-0.2, -0.15) is 21.0 Å². The van der Waals surface area contributed by atoms with Gasteiger partial charge in [-0.05, 0) is 30.6 Å². The van der Waals surface area contributed by atoms with Gasteiger partial charge in [-0.15, -0.1) is 0 Å². The molecule has 0 rings (SSSR count). The lowest BCUT2D eigenvalue weighted by Gasteiger charge is -2.32. The molecular weight excluding hydrogens is 292 g/mol. The Kier molecular flexibility index (Phi) is 13.4. The van der Waals surface area contributed by atoms with E-state index in [2.05, 4.69) is 19.1 Å². The largest absolute Gasteiger partial charge is 0.366 e. The van der Waals surface area contributed by atoms with Crippen LogP contribution in [0.25, 0.3) is 0 Å². The Morgan fingerprint density at radius 1 is 0.739 bits per heavy atom. The molecule has 23 heavy (non-hydrogen) atoms. The van der Waals surface area contributed by atoms with Gasteiger partial charge in [0.25, 0.3) is 0 Å². The fourth-order valence-corrected chi connectivity index (χ4v) is 2.91. The van der Waals surface area contributed by atoms with Crippen LogP contribution >= 0.6 is 0 Å². The van der Waals surface area contributed by atoms with Gasteiger partial charge in [-0.25, -0.2) is 0 Å². The molecule has 6 nitrogen and oxygen atoms in total. The molecule has 0 spiro atoms. The van der Waals surface area contributed by atoms with Crippen molar-refractivity contribution in [3.63, 3.8) is 0 Å². The summed E-state index contributed by atoms with van der Waals surface area (Å²) < 4.78 is 10.8. The molecular formula is C17H24N4O2. The summed E-state index contributed by atoms with van der Waals surface area (Å²) in [6.45, 7) is 2.99. The molecule has 0 saturated carbocycles. The zero-order valence-corrected chi connectivity index (χ0v) is 13.7. The lowest BCUT2D eigenvalue weighted by Crippen LogP contribution is -2.30. The van der Waals surface area contributed by atoms with E-state index in [0.29, 0.717) is 38.9 Å². The Hall–Kier alpha value is -2.12. The summed E-state index contributed by atoms with van der Waals surface area (Å²) in [5.74, 6) is 0.513. The Labute approximate surface area is 138 Å². The predicted molar refractivity (Wildman–Crippen MR) is 83.3 cm³/mol. The number of hydrogen-bond acceptors (Lipinski definition) is 6. The van der Waals surface area contributed by atoms with Gasteiger partial charge in [0.2, 0.25) is 0 Å². The Morgan fingerprint density at radius 2 is 1.17 bits per heavy atom. The Balaban J connectivity index is 4.93. The molecule has 0 amide bonds. The fraction of sp³-hybridized carbons (Fsp3) is 0.765. The molecule has 0 bridgehead atoms. The second-order valence-electron chi connectivity index (χ2n) is 5.33. The van der Waals surface area contributed by atoms with Crippen molar-refractivity contribution < 1.29 is 9.47 Å². The highest BCUT2D eigenvalue weighted by molar-refractivity contribution is 4.83. The molecule has 6 heteroatoms. The average molecular weight is 316 g/mol. The van der Waals surface area contributed by atoms with Gasteiger partial charge in [0.15, 0.2) is 0 Å². The third kappa shape index (κ3) is 9.49. The normalized spacial score (nSPS) is 13.8. The van der Waals surface area contributed by atoms with Crippen LogP contribution in [0.15, 0.2) is 0 Å². The minimum Gasteiger partial charge on any atom is -0.366 e. The van der Waals surface area contributed by atoms with Gasteiger partial charge < -0.3 is 9.47 Å². The lowest BCUT2D eigenvalue weighted by molar-refractivity contribution is 0.0344. The Morgan fingerprint density at radius 3 is 1.48 bits per heavy atom. The van der Waals surface area contributed by atoms with E-state index >= 15 is 0 Å². The van der Waals surface area contributed by atoms with Crippen molar-refractivity contribution in [1.29, 1.82) is 21.0 Å². The topological polar surface area (TPSA) is 114 Å². The fourth-order valence-electron chi connectivity index (χ4n) is 2.91. The van der Waals surface area contributed by atoms with Gasteiger partial charge in [-0.1, -0.05) is 13.3 Å². The second kappa shape index (κ2) is 14.8. The summed E-state index contributed by atoms with van der Waals surface area (Å²) in [4.78, 5) is 0. The van der Waals surface area contributed by atoms with E-state index in [-0.39, 0.29) is 31.0 Å². The van der Waals surface area contributed by atoms with Crippen LogP contribution in [0.3, 0.4) is 0 Å². The molecule has 0 aromatic carbocycles. The maximum atomic E-state index is 8.85. The van der Waals surface area contributed by atoms with Gasteiger partial charge in [0, 0.05) is 12.8 Å². The minimum atomic E-state index is 0.0350. The van der Waals surface area contributed by atoms with Crippen molar-refractivity contribution in [2.24, 2.45) is 17.8 Å². The summed E-state index contributed by atoms with van der Waals surface area (Å²) in [6, 6.07) is 8.21. The molecule has 0 saturated heterocycles. The van der Waals surface area contributed by atoms with Crippen molar-refractivity contribution in [2.75, 3.05) is 26.4 Å². The van der Waals surface area contributed by atoms with Crippen LogP contribution in [0, 0.1) is 63.1 Å². The van der Waals surface area contributed by atoms with Crippen LogP contribution in [-0.2, 0) is 9.47 Å². The maximum absolute atomic E-state index is 8.85. The molecule has 0 radical (unpaired) electrons. The van der Waals surface area contributed by atoms with Crippen LogP contribution in [0.2, 0.25) is 0 Å². The lowest BCUT2D eigenvalue weighted by atomic mass is 9.76. The number of ether oxygens (including phenoxy) is 2.